The molecule has 0 bridgehead atoms. The van der Waals surface area contributed by atoms with Gasteiger partial charge in [-0.15, -0.1) is 0 Å². The maximum Gasteiger partial charge on any atom is 0.242 e. The molecule has 0 saturated carbocycles. The van der Waals surface area contributed by atoms with E-state index in [4.69, 9.17) is 47.4 Å². The maximum atomic E-state index is 13.7. The fourth-order valence-electron chi connectivity index (χ4n) is 8.75. The zero-order chi connectivity index (χ0) is 66.6. The molecule has 35 heteroatoms. The molecule has 0 aliphatic carbocycles. The number of carbonyl (C=O) groups excluding carboxylic acids is 8. The Morgan fingerprint density at radius 1 is 0.551 bits per heavy atom. The molecule has 0 aromatic carbocycles. The van der Waals surface area contributed by atoms with Gasteiger partial charge in [0.25, 0.3) is 0 Å². The van der Waals surface area contributed by atoms with Crippen LogP contribution in [-0.2, 0) is 85.7 Å². The largest absolute Gasteiger partial charge is 0.394 e. The number of aliphatic hydroxyl groups is 9. The smallest absolute Gasteiger partial charge is 0.242 e. The van der Waals surface area contributed by atoms with Gasteiger partial charge >= 0.3 is 0 Å². The Hall–Kier alpha value is -5.00. The zero-order valence-corrected chi connectivity index (χ0v) is 51.7. The van der Waals surface area contributed by atoms with Crippen LogP contribution in [0.15, 0.2) is 0 Å². The minimum Gasteiger partial charge on any atom is -0.394 e. The van der Waals surface area contributed by atoms with E-state index in [-0.39, 0.29) is 111 Å². The van der Waals surface area contributed by atoms with Gasteiger partial charge in [-0.1, -0.05) is 0 Å². The predicted octanol–water partition coefficient (Wildman–Crippen LogP) is -8.01. The third-order valence-electron chi connectivity index (χ3n) is 13.4. The molecule has 0 spiro atoms. The molecule has 16 unspecified atom stereocenters. The Balaban J connectivity index is 2.11. The lowest BCUT2D eigenvalue weighted by molar-refractivity contribution is -0.272. The van der Waals surface area contributed by atoms with E-state index in [2.05, 4.69) is 42.5 Å². The van der Waals surface area contributed by atoms with Crippen LogP contribution in [0.3, 0.4) is 0 Å². The number of hydrogen-bond acceptors (Lipinski definition) is 27. The van der Waals surface area contributed by atoms with Crippen molar-refractivity contribution in [2.24, 2.45) is 0 Å². The highest BCUT2D eigenvalue weighted by Crippen LogP contribution is 2.24. The molecular weight excluding hydrogens is 1190 g/mol. The average Bonchev–Trinajstić information content (AvgIpc) is 2.28. The monoisotopic (exact) mass is 1290 g/mol. The van der Waals surface area contributed by atoms with Gasteiger partial charge in [0, 0.05) is 66.3 Å². The molecule has 17 N–H and O–H groups in total. The predicted molar refractivity (Wildman–Crippen MR) is 305 cm³/mol. The van der Waals surface area contributed by atoms with Crippen molar-refractivity contribution in [2.45, 2.75) is 191 Å². The van der Waals surface area contributed by atoms with E-state index in [1.54, 1.807) is 20.8 Å². The second-order valence-corrected chi connectivity index (χ2v) is 21.4. The maximum absolute atomic E-state index is 13.7. The molecule has 16 atom stereocenters. The van der Waals surface area contributed by atoms with Gasteiger partial charge in [-0.3, -0.25) is 38.4 Å². The molecule has 8 amide bonds. The van der Waals surface area contributed by atoms with Crippen LogP contribution in [0.25, 0.3) is 0 Å². The van der Waals surface area contributed by atoms with E-state index < -0.39 is 177 Å². The Morgan fingerprint density at radius 3 is 1.40 bits per heavy atom. The summed E-state index contributed by atoms with van der Waals surface area (Å²) in [6.07, 6.45) is -17.5. The first-order chi connectivity index (χ1) is 42.2. The summed E-state index contributed by atoms with van der Waals surface area (Å²) in [5.41, 5.74) is -0.683. The van der Waals surface area contributed by atoms with Crippen LogP contribution in [0, 0.1) is 0 Å². The van der Waals surface area contributed by atoms with Crippen molar-refractivity contribution in [1.82, 2.24) is 42.5 Å². The van der Waals surface area contributed by atoms with E-state index in [9.17, 15) is 84.3 Å². The Labute approximate surface area is 516 Å². The van der Waals surface area contributed by atoms with Gasteiger partial charge in [0.1, 0.15) is 66.9 Å². The van der Waals surface area contributed by atoms with E-state index >= 15 is 0 Å². The second kappa shape index (κ2) is 43.7. The highest BCUT2D eigenvalue weighted by atomic mass is 16.7. The molecule has 35 nitrogen and oxygen atoms in total. The van der Waals surface area contributed by atoms with Crippen LogP contribution >= 0.6 is 0 Å². The topological polar surface area (TPSA) is 507 Å². The summed E-state index contributed by atoms with van der Waals surface area (Å²) in [6, 6.07) is -4.96. The molecule has 2 aliphatic rings. The molecule has 0 aromatic rings. The van der Waals surface area contributed by atoms with Crippen LogP contribution in [0.2, 0.25) is 0 Å². The first-order valence-corrected chi connectivity index (χ1v) is 29.5. The minimum atomic E-state index is -1.68. The van der Waals surface area contributed by atoms with Crippen LogP contribution in [0.5, 0.6) is 0 Å². The lowest BCUT2D eigenvalue weighted by Crippen LogP contribution is -2.64. The van der Waals surface area contributed by atoms with Crippen molar-refractivity contribution in [1.29, 1.82) is 0 Å². The number of amides is 8. The van der Waals surface area contributed by atoms with Gasteiger partial charge in [-0.05, 0) is 47.0 Å². The Bertz CT molecular complexity index is 2110. The molecule has 2 heterocycles. The van der Waals surface area contributed by atoms with Crippen molar-refractivity contribution in [2.75, 3.05) is 106 Å². The number of aliphatic hydroxyl groups excluding tert-OH is 9. The van der Waals surface area contributed by atoms with Gasteiger partial charge in [0.2, 0.25) is 53.5 Å². The number of hydrogen-bond donors (Lipinski definition) is 17. The summed E-state index contributed by atoms with van der Waals surface area (Å²) < 4.78 is 55.5. The summed E-state index contributed by atoms with van der Waals surface area (Å²) in [5, 5.41) is 111. The van der Waals surface area contributed by atoms with Crippen molar-refractivity contribution < 1.29 is 132 Å². The number of carbonyl (C=O) groups is 8. The van der Waals surface area contributed by atoms with Gasteiger partial charge in [0.05, 0.1) is 91.0 Å². The molecular formula is C54H98N8O27. The van der Waals surface area contributed by atoms with Crippen molar-refractivity contribution in [3.8, 4) is 0 Å². The van der Waals surface area contributed by atoms with Crippen LogP contribution in [0.4, 0.5) is 0 Å². The summed E-state index contributed by atoms with van der Waals surface area (Å²) in [5.74, 6) is -4.94. The van der Waals surface area contributed by atoms with E-state index in [1.807, 2.05) is 0 Å². The molecule has 0 aromatic heterocycles. The normalized spacial score (nSPS) is 24.0. The molecule has 89 heavy (non-hydrogen) atoms. The van der Waals surface area contributed by atoms with Crippen LogP contribution < -0.4 is 42.5 Å². The average molecular weight is 1290 g/mol. The van der Waals surface area contributed by atoms with E-state index in [1.165, 1.54) is 20.8 Å². The molecule has 2 rings (SSSR count). The summed E-state index contributed by atoms with van der Waals surface area (Å²) in [7, 11) is 0. The second-order valence-electron chi connectivity index (χ2n) is 21.4. The third kappa shape index (κ3) is 31.7. The fraction of sp³-hybridized carbons (Fsp3) is 0.852. The zero-order valence-electron chi connectivity index (χ0n) is 51.7. The number of rotatable bonds is 46. The minimum absolute atomic E-state index is 0.0147. The SMILES string of the molecule is CCOC(C)(C)CCC(=O)NC(CCC(=O)NC(CCC(=O)NCCOCCOC1OC(CO)C(O)C(O)C1NC(C)=O)C(=O)NCCOCCOC1OC(CO)C(O)C(O)C1NC(C)=O)C(=O)NCCOCCOC(OC(CO)C(C)O)C(O)NC(C)=O. The number of nitrogens with one attached hydrogen (secondary N) is 8. The summed E-state index contributed by atoms with van der Waals surface area (Å²) in [4.78, 5) is 102. The van der Waals surface area contributed by atoms with Crippen LogP contribution in [0.1, 0.15) is 87.0 Å². The molecule has 2 fully saturated rings. The van der Waals surface area contributed by atoms with Crippen LogP contribution in [-0.4, -0.2) is 302 Å². The standard InChI is InChI=1S/C54H98N8O27/c1-8-86-54(6,7)14-13-41(72)62-35(49(78)57-17-20-82-23-26-85-53(50(79)60-33(5)69)87-36(27-63)30(2)66)10-12-40(71)61-34(48(77)56-16-19-81-22-25-84-52-43(59-32(4)68)47(76)45(74)38(29-65)89-52)9-11-39(70)55-15-18-80-21-24-83-51-42(58-31(3)67)46(75)44(73)37(28-64)88-51/h30,34-38,42-47,50-53,63-66,73-76,79H,8-29H2,1-7H3,(H,55,70)(H,56,77)(H,57,78)(H,58,67)(H,59,68)(H,60,69)(H,61,71)(H,62,72). The first kappa shape index (κ1) is 80.1. The van der Waals surface area contributed by atoms with Gasteiger partial charge in [-0.25, -0.2) is 0 Å². The lowest BCUT2D eigenvalue weighted by Gasteiger charge is -2.42. The highest BCUT2D eigenvalue weighted by molar-refractivity contribution is 5.90. The molecule has 0 radical (unpaired) electrons. The molecule has 2 saturated heterocycles. The van der Waals surface area contributed by atoms with E-state index in [0.717, 1.165) is 6.92 Å². The summed E-state index contributed by atoms with van der Waals surface area (Å²) in [6.45, 7) is 7.46. The quantitative estimate of drug-likeness (QED) is 0.0199. The van der Waals surface area contributed by atoms with Crippen molar-refractivity contribution in [3.63, 3.8) is 0 Å². The van der Waals surface area contributed by atoms with Crippen molar-refractivity contribution >= 4 is 47.3 Å². The molecule has 516 valence electrons. The highest BCUT2D eigenvalue weighted by Gasteiger charge is 2.47. The Kier molecular flexibility index (Phi) is 39.3. The fourth-order valence-corrected chi connectivity index (χ4v) is 8.75. The first-order valence-electron chi connectivity index (χ1n) is 29.5. The molecule has 2 aliphatic heterocycles. The summed E-state index contributed by atoms with van der Waals surface area (Å²) >= 11 is 0. The van der Waals surface area contributed by atoms with Crippen molar-refractivity contribution in [3.05, 3.63) is 0 Å². The number of ether oxygens (including phenoxy) is 10. The van der Waals surface area contributed by atoms with Gasteiger partial charge in [-0.2, -0.15) is 0 Å². The lowest BCUT2D eigenvalue weighted by atomic mass is 9.97. The van der Waals surface area contributed by atoms with Gasteiger partial charge in [0.15, 0.2) is 18.8 Å². The van der Waals surface area contributed by atoms with E-state index in [0.29, 0.717) is 6.61 Å². The Morgan fingerprint density at radius 2 is 0.989 bits per heavy atom. The third-order valence-corrected chi connectivity index (χ3v) is 13.4. The van der Waals surface area contributed by atoms with Gasteiger partial charge < -0.3 is 136 Å².